The van der Waals surface area contributed by atoms with Gasteiger partial charge in [0.05, 0.1) is 5.60 Å². The molecule has 0 radical (unpaired) electrons. The van der Waals surface area contributed by atoms with E-state index in [1.807, 2.05) is 0 Å². The molecule has 3 nitrogen and oxygen atoms in total. The zero-order valence-electron chi connectivity index (χ0n) is 16.0. The average Bonchev–Trinajstić information content (AvgIpc) is 2.54. The Morgan fingerprint density at radius 3 is 2.54 bits per heavy atom. The van der Waals surface area contributed by atoms with Gasteiger partial charge in [-0.3, -0.25) is 4.79 Å². The first kappa shape index (κ1) is 19.0. The van der Waals surface area contributed by atoms with Crippen molar-refractivity contribution < 1.29 is 9.53 Å². The van der Waals surface area contributed by atoms with Gasteiger partial charge in [0, 0.05) is 26.1 Å². The second-order valence-electron chi connectivity index (χ2n) is 8.00. The molecule has 0 spiro atoms. The maximum Gasteiger partial charge on any atom is 0.219 e. The van der Waals surface area contributed by atoms with Gasteiger partial charge in [-0.25, -0.2) is 0 Å². The zero-order valence-corrected chi connectivity index (χ0v) is 16.0. The molecule has 3 heteroatoms. The van der Waals surface area contributed by atoms with E-state index in [0.717, 1.165) is 38.8 Å². The molecule has 0 bridgehead atoms. The number of hydrogen-bond acceptors (Lipinski definition) is 2. The molecule has 2 atom stereocenters. The lowest BCUT2D eigenvalue weighted by atomic mass is 9.77. The predicted octanol–water partition coefficient (Wildman–Crippen LogP) is 4.55. The lowest BCUT2D eigenvalue weighted by Gasteiger charge is -2.42. The van der Waals surface area contributed by atoms with Crippen molar-refractivity contribution in [3.8, 4) is 0 Å². The molecule has 2 rings (SSSR count). The van der Waals surface area contributed by atoms with E-state index in [-0.39, 0.29) is 16.9 Å². The molecule has 0 aromatic heterocycles. The van der Waals surface area contributed by atoms with Gasteiger partial charge in [0.1, 0.15) is 0 Å². The fraction of sp³-hybridized carbons (Fsp3) is 0.667. The maximum atomic E-state index is 12.3. The van der Waals surface area contributed by atoms with Crippen LogP contribution >= 0.6 is 0 Å². The second kappa shape index (κ2) is 7.69. The van der Waals surface area contributed by atoms with Crippen LogP contribution < -0.4 is 0 Å². The molecule has 0 saturated carbocycles. The van der Waals surface area contributed by atoms with Gasteiger partial charge < -0.3 is 9.64 Å². The van der Waals surface area contributed by atoms with Crippen molar-refractivity contribution in [3.05, 3.63) is 35.9 Å². The summed E-state index contributed by atoms with van der Waals surface area (Å²) in [5, 5.41) is 0. The van der Waals surface area contributed by atoms with Crippen LogP contribution in [0.15, 0.2) is 30.3 Å². The van der Waals surface area contributed by atoms with Crippen molar-refractivity contribution in [2.45, 2.75) is 77.4 Å². The first-order chi connectivity index (χ1) is 11.3. The largest absolute Gasteiger partial charge is 0.375 e. The third-order valence-corrected chi connectivity index (χ3v) is 5.67. The Labute approximate surface area is 147 Å². The van der Waals surface area contributed by atoms with Crippen LogP contribution in [0, 0.1) is 0 Å². The molecule has 134 valence electrons. The van der Waals surface area contributed by atoms with Crippen molar-refractivity contribution in [2.24, 2.45) is 0 Å². The summed E-state index contributed by atoms with van der Waals surface area (Å²) in [5.41, 5.74) is 1.34. The number of benzene rings is 1. The summed E-state index contributed by atoms with van der Waals surface area (Å²) in [6.45, 7) is 12.1. The topological polar surface area (TPSA) is 29.5 Å². The molecule has 0 aliphatic carbocycles. The third kappa shape index (κ3) is 4.60. The molecule has 1 saturated heterocycles. The van der Waals surface area contributed by atoms with Crippen LogP contribution in [0.2, 0.25) is 0 Å². The van der Waals surface area contributed by atoms with E-state index in [9.17, 15) is 4.79 Å². The molecule has 1 amide bonds. The Morgan fingerprint density at radius 1 is 1.33 bits per heavy atom. The summed E-state index contributed by atoms with van der Waals surface area (Å²) in [6, 6.07) is 11.0. The Kier molecular flexibility index (Phi) is 6.08. The fourth-order valence-corrected chi connectivity index (χ4v) is 3.80. The van der Waals surface area contributed by atoms with Crippen LogP contribution in [0.3, 0.4) is 0 Å². The van der Waals surface area contributed by atoms with Gasteiger partial charge in [0.2, 0.25) is 5.91 Å². The Balaban J connectivity index is 2.09. The highest BCUT2D eigenvalue weighted by molar-refractivity contribution is 5.73. The number of carbonyl (C=O) groups is 1. The summed E-state index contributed by atoms with van der Waals surface area (Å²) in [6.07, 6.45) is 3.92. The molecule has 24 heavy (non-hydrogen) atoms. The number of hydrogen-bond donors (Lipinski definition) is 0. The number of nitrogens with zero attached hydrogens (tertiary/aromatic N) is 1. The average molecular weight is 332 g/mol. The summed E-state index contributed by atoms with van der Waals surface area (Å²) >= 11 is 0. The number of amides is 1. The first-order valence-electron chi connectivity index (χ1n) is 9.24. The monoisotopic (exact) mass is 331 g/mol. The number of ether oxygens (including phenoxy) is 1. The Morgan fingerprint density at radius 2 is 2.00 bits per heavy atom. The highest BCUT2D eigenvalue weighted by Crippen LogP contribution is 2.33. The fourth-order valence-electron chi connectivity index (χ4n) is 3.80. The zero-order chi connectivity index (χ0) is 17.8. The van der Waals surface area contributed by atoms with Gasteiger partial charge >= 0.3 is 0 Å². The quantitative estimate of drug-likeness (QED) is 0.765. The van der Waals surface area contributed by atoms with Crippen molar-refractivity contribution >= 4 is 5.91 Å². The van der Waals surface area contributed by atoms with E-state index >= 15 is 0 Å². The highest BCUT2D eigenvalue weighted by Gasteiger charge is 2.34. The summed E-state index contributed by atoms with van der Waals surface area (Å²) in [7, 11) is 0. The van der Waals surface area contributed by atoms with Crippen LogP contribution in [0.5, 0.6) is 0 Å². The first-order valence-corrected chi connectivity index (χ1v) is 9.24. The molecule has 1 heterocycles. The van der Waals surface area contributed by atoms with E-state index in [4.69, 9.17) is 4.74 Å². The molecular weight excluding hydrogens is 298 g/mol. The molecular formula is C21H33NO2. The van der Waals surface area contributed by atoms with Crippen molar-refractivity contribution in [2.75, 3.05) is 13.2 Å². The van der Waals surface area contributed by atoms with Gasteiger partial charge in [0.15, 0.2) is 0 Å². The van der Waals surface area contributed by atoms with Crippen LogP contribution in [-0.4, -0.2) is 35.6 Å². The lowest BCUT2D eigenvalue weighted by molar-refractivity contribution is -0.138. The van der Waals surface area contributed by atoms with Gasteiger partial charge in [0.25, 0.3) is 0 Å². The second-order valence-corrected chi connectivity index (χ2v) is 8.00. The summed E-state index contributed by atoms with van der Waals surface area (Å²) in [5.74, 6) is 0.184. The molecule has 1 aliphatic heterocycles. The summed E-state index contributed by atoms with van der Waals surface area (Å²) < 4.78 is 5.82. The van der Waals surface area contributed by atoms with Crippen LogP contribution in [0.4, 0.5) is 0 Å². The van der Waals surface area contributed by atoms with Gasteiger partial charge in [-0.05, 0) is 50.5 Å². The minimum Gasteiger partial charge on any atom is -0.375 e. The third-order valence-electron chi connectivity index (χ3n) is 5.67. The van der Waals surface area contributed by atoms with Crippen LogP contribution in [0.25, 0.3) is 0 Å². The van der Waals surface area contributed by atoms with Gasteiger partial charge in [-0.1, -0.05) is 44.2 Å². The van der Waals surface area contributed by atoms with E-state index < -0.39 is 0 Å². The maximum absolute atomic E-state index is 12.3. The number of rotatable bonds is 6. The van der Waals surface area contributed by atoms with Gasteiger partial charge in [-0.15, -0.1) is 0 Å². The highest BCUT2D eigenvalue weighted by atomic mass is 16.5. The Hall–Kier alpha value is -1.35. The predicted molar refractivity (Wildman–Crippen MR) is 99.1 cm³/mol. The van der Waals surface area contributed by atoms with E-state index in [1.165, 1.54) is 5.56 Å². The lowest BCUT2D eigenvalue weighted by Crippen LogP contribution is -2.49. The van der Waals surface area contributed by atoms with Crippen molar-refractivity contribution in [1.29, 1.82) is 0 Å². The van der Waals surface area contributed by atoms with E-state index in [0.29, 0.717) is 6.04 Å². The molecule has 1 aliphatic rings. The molecule has 0 N–H and O–H groups in total. The SMILES string of the molecule is CC[C@](C)(CCN(C(C)=O)[C@H]1CCOC(C)(C)C1)c1ccccc1. The van der Waals surface area contributed by atoms with Crippen molar-refractivity contribution in [3.63, 3.8) is 0 Å². The molecule has 1 fully saturated rings. The van der Waals surface area contributed by atoms with Crippen LogP contribution in [0.1, 0.15) is 65.9 Å². The molecule has 1 aromatic carbocycles. The normalized spacial score (nSPS) is 22.6. The molecule has 0 unspecified atom stereocenters. The standard InChI is InChI=1S/C21H33NO2/c1-6-21(5,18-10-8-7-9-11-18)13-14-22(17(2)23)19-12-15-24-20(3,4)16-19/h7-11,19H,6,12-16H2,1-5H3/t19-,21+/m0/s1. The molecule has 1 aromatic rings. The van der Waals surface area contributed by atoms with Crippen molar-refractivity contribution in [1.82, 2.24) is 4.90 Å². The van der Waals surface area contributed by atoms with Gasteiger partial charge in [-0.2, -0.15) is 0 Å². The Bertz CT molecular complexity index is 540. The van der Waals surface area contributed by atoms with E-state index in [2.05, 4.69) is 62.9 Å². The smallest absolute Gasteiger partial charge is 0.219 e. The minimum absolute atomic E-state index is 0.107. The summed E-state index contributed by atoms with van der Waals surface area (Å²) in [4.78, 5) is 14.4. The van der Waals surface area contributed by atoms with Crippen LogP contribution in [-0.2, 0) is 14.9 Å². The van der Waals surface area contributed by atoms with E-state index in [1.54, 1.807) is 6.92 Å². The number of carbonyl (C=O) groups excluding carboxylic acids is 1. The minimum atomic E-state index is -0.135.